The van der Waals surface area contributed by atoms with Crippen molar-refractivity contribution >= 4 is 16.5 Å². The van der Waals surface area contributed by atoms with Crippen LogP contribution in [0, 0.1) is 7.43 Å². The molecule has 0 radical (unpaired) electrons. The van der Waals surface area contributed by atoms with Crippen LogP contribution in [0.3, 0.4) is 0 Å². The third kappa shape index (κ3) is 3660. The van der Waals surface area contributed by atoms with Gasteiger partial charge in [0.1, 0.15) is 0 Å². The molecule has 0 saturated heterocycles. The molecule has 0 N–H and O–H groups in total. The predicted molar refractivity (Wildman–Crippen MR) is 21.2 cm³/mol. The van der Waals surface area contributed by atoms with Crippen LogP contribution >= 0.6 is 16.5 Å². The molecule has 0 aliphatic rings. The van der Waals surface area contributed by atoms with Crippen LogP contribution in [0.4, 0.5) is 0 Å². The van der Waals surface area contributed by atoms with E-state index in [0.29, 0.717) is 0 Å². The maximum absolute atomic E-state index is 8.52. The van der Waals surface area contributed by atoms with E-state index in [9.17, 15) is 0 Å². The van der Waals surface area contributed by atoms with Gasteiger partial charge in [0, 0.05) is 0 Å². The summed E-state index contributed by atoms with van der Waals surface area (Å²) >= 11 is 0. The summed E-state index contributed by atoms with van der Waals surface area (Å²) in [5, 5.41) is 0. The van der Waals surface area contributed by atoms with Crippen LogP contribution in [-0.4, -0.2) is 0 Å². The topological polar surface area (TPSA) is 126 Å². The van der Waals surface area contributed by atoms with E-state index in [2.05, 4.69) is 0 Å². The summed E-state index contributed by atoms with van der Waals surface area (Å²) < 4.78 is 17.0. The van der Waals surface area contributed by atoms with Crippen LogP contribution in [0.25, 0.3) is 0 Å². The molecule has 0 bridgehead atoms. The third-order valence-electron chi connectivity index (χ3n) is 0. The largest absolute Gasteiger partial charge is 4.00 e. The standard InChI is InChI=1S/C.2H3O3P/c;2*1-4(2)3/h;2*4H,(H2,1,2,3)/q+4;;/p-4. The maximum atomic E-state index is 8.52. The second-order valence-electron chi connectivity index (χ2n) is 0.500. The van der Waals surface area contributed by atoms with Gasteiger partial charge in [-0.1, -0.05) is 16.5 Å². The molecule has 8 heteroatoms. The third-order valence-corrected chi connectivity index (χ3v) is 0. The molecule has 0 aromatic carbocycles. The Bertz CT molecular complexity index is 69.1. The van der Waals surface area contributed by atoms with Gasteiger partial charge in [-0.25, -0.2) is 0 Å². The number of hydrogen-bond acceptors (Lipinski definition) is 6. The average molecular weight is 172 g/mol. The van der Waals surface area contributed by atoms with Crippen LogP contribution in [0.5, 0.6) is 0 Å². The van der Waals surface area contributed by atoms with Gasteiger partial charge in [-0.2, -0.15) is 0 Å². The van der Waals surface area contributed by atoms with Crippen molar-refractivity contribution < 1.29 is 28.7 Å². The molecule has 9 heavy (non-hydrogen) atoms. The van der Waals surface area contributed by atoms with E-state index in [4.69, 9.17) is 28.7 Å². The Hall–Kier alpha value is 0.300. The van der Waals surface area contributed by atoms with E-state index in [1.54, 1.807) is 0 Å². The fraction of sp³-hybridized carbons (Fsp3) is 0. The first kappa shape index (κ1) is 16.1. The van der Waals surface area contributed by atoms with Crippen molar-refractivity contribution in [1.29, 1.82) is 0 Å². The molecule has 0 unspecified atom stereocenters. The maximum Gasteiger partial charge on any atom is 4.00 e. The first-order valence-electron chi connectivity index (χ1n) is 1.22. The van der Waals surface area contributed by atoms with Gasteiger partial charge in [0.2, 0.25) is 0 Å². The molecule has 0 aliphatic carbocycles. The Kier molecular flexibility index (Phi) is 20.0. The summed E-state index contributed by atoms with van der Waals surface area (Å²) in [5.74, 6) is 0. The summed E-state index contributed by atoms with van der Waals surface area (Å²) in [6.07, 6.45) is 0. The minimum atomic E-state index is -3.63. The van der Waals surface area contributed by atoms with Crippen molar-refractivity contribution in [2.24, 2.45) is 0 Å². The van der Waals surface area contributed by atoms with Gasteiger partial charge in [-0.05, 0) is 0 Å². The van der Waals surface area contributed by atoms with Crippen molar-refractivity contribution in [2.45, 2.75) is 0 Å². The SMILES string of the molecule is O=[PH]([O-])[O-].O=[PH]([O-])[O-].[C+4]. The molecule has 0 aromatic rings. The van der Waals surface area contributed by atoms with Crippen molar-refractivity contribution in [1.82, 2.24) is 0 Å². The second-order valence-corrected chi connectivity index (χ2v) is 1.50. The van der Waals surface area contributed by atoms with Gasteiger partial charge in [0.05, 0.1) is 0 Å². The van der Waals surface area contributed by atoms with E-state index in [1.807, 2.05) is 0 Å². The number of hydrogen-bond donors (Lipinski definition) is 0. The zero-order valence-electron chi connectivity index (χ0n) is 3.95. The second kappa shape index (κ2) is 11.1. The normalized spacial score (nSPS) is 7.78. The van der Waals surface area contributed by atoms with E-state index in [-0.39, 0.29) is 7.43 Å². The zero-order chi connectivity index (χ0) is 7.15. The molecule has 0 atom stereocenters. The predicted octanol–water partition coefficient (Wildman–Crippen LogP) is -3.73. The molecule has 0 rings (SSSR count). The minimum absolute atomic E-state index is 0. The molecule has 52 valence electrons. The zero-order valence-corrected chi connectivity index (χ0v) is 5.95. The Balaban J connectivity index is -0.0000000720. The monoisotopic (exact) mass is 172 g/mol. The van der Waals surface area contributed by atoms with E-state index < -0.39 is 16.5 Å². The van der Waals surface area contributed by atoms with Gasteiger partial charge in [-0.3, -0.25) is 0 Å². The average Bonchev–Trinajstić information content (AvgIpc) is 1.25. The van der Waals surface area contributed by atoms with Crippen LogP contribution in [0.2, 0.25) is 0 Å². The van der Waals surface area contributed by atoms with Crippen molar-refractivity contribution in [3.63, 3.8) is 0 Å². The molecule has 0 heterocycles. The van der Waals surface area contributed by atoms with Crippen molar-refractivity contribution in [3.8, 4) is 0 Å². The van der Waals surface area contributed by atoms with Crippen LogP contribution in [0.1, 0.15) is 0 Å². The fourth-order valence-electron chi connectivity index (χ4n) is 0. The molecule has 0 fully saturated rings. The van der Waals surface area contributed by atoms with Gasteiger partial charge >= 0.3 is 7.43 Å². The van der Waals surface area contributed by atoms with Gasteiger partial charge in [0.15, 0.2) is 0 Å². The molecular weight excluding hydrogens is 170 g/mol. The first-order chi connectivity index (χ1) is 3.46. The summed E-state index contributed by atoms with van der Waals surface area (Å²) in [7, 11) is -7.26. The minimum Gasteiger partial charge on any atom is -0.813 e. The van der Waals surface area contributed by atoms with Gasteiger partial charge in [0.25, 0.3) is 0 Å². The van der Waals surface area contributed by atoms with Crippen LogP contribution in [0.15, 0.2) is 0 Å². The summed E-state index contributed by atoms with van der Waals surface area (Å²) in [6, 6.07) is 0. The Morgan fingerprint density at radius 2 is 0.778 bits per heavy atom. The van der Waals surface area contributed by atoms with E-state index in [1.165, 1.54) is 0 Å². The molecular formula is CH2O6P2. The Morgan fingerprint density at radius 1 is 0.778 bits per heavy atom. The van der Waals surface area contributed by atoms with E-state index >= 15 is 0 Å². The Labute approximate surface area is 53.7 Å². The van der Waals surface area contributed by atoms with Crippen molar-refractivity contribution in [3.05, 3.63) is 7.43 Å². The fourth-order valence-corrected chi connectivity index (χ4v) is 0. The van der Waals surface area contributed by atoms with Gasteiger partial charge < -0.3 is 28.7 Å². The number of rotatable bonds is 0. The first-order valence-corrected chi connectivity index (χ1v) is 3.67. The molecule has 0 aromatic heterocycles. The summed E-state index contributed by atoms with van der Waals surface area (Å²) in [6.45, 7) is 0. The smallest absolute Gasteiger partial charge is 0.813 e. The van der Waals surface area contributed by atoms with Crippen molar-refractivity contribution in [2.75, 3.05) is 0 Å². The molecule has 6 nitrogen and oxygen atoms in total. The van der Waals surface area contributed by atoms with E-state index in [0.717, 1.165) is 0 Å². The quantitative estimate of drug-likeness (QED) is 0.345. The van der Waals surface area contributed by atoms with Gasteiger partial charge in [-0.15, -0.1) is 0 Å². The summed E-state index contributed by atoms with van der Waals surface area (Å²) in [5.41, 5.74) is 0. The summed E-state index contributed by atoms with van der Waals surface area (Å²) in [4.78, 5) is 34.1. The molecule has 0 spiro atoms. The molecule has 0 aliphatic heterocycles. The molecule has 0 saturated carbocycles. The Morgan fingerprint density at radius 3 is 0.778 bits per heavy atom. The van der Waals surface area contributed by atoms with Crippen LogP contribution in [-0.2, 0) is 9.13 Å². The molecule has 0 amide bonds. The van der Waals surface area contributed by atoms with Crippen LogP contribution < -0.4 is 19.6 Å².